The summed E-state index contributed by atoms with van der Waals surface area (Å²) >= 11 is 5.77. The average Bonchev–Trinajstić information content (AvgIpc) is 2.34. The Kier molecular flexibility index (Phi) is 4.00. The Bertz CT molecular complexity index is 447. The van der Waals surface area contributed by atoms with Gasteiger partial charge in [-0.25, -0.2) is 5.01 Å². The molecule has 0 saturated carbocycles. The number of hydrogen-bond acceptors (Lipinski definition) is 5. The third-order valence-corrected chi connectivity index (χ3v) is 3.17. The predicted octanol–water partition coefficient (Wildman–Crippen LogP) is 1.82. The van der Waals surface area contributed by atoms with Crippen LogP contribution < -0.4 is 5.43 Å². The Balaban J connectivity index is 2.11. The molecule has 6 nitrogen and oxygen atoms in total. The Morgan fingerprint density at radius 2 is 2.00 bits per heavy atom. The Morgan fingerprint density at radius 3 is 2.61 bits per heavy atom. The van der Waals surface area contributed by atoms with E-state index in [1.165, 1.54) is 6.07 Å². The van der Waals surface area contributed by atoms with Crippen LogP contribution in [0.2, 0.25) is 5.02 Å². The van der Waals surface area contributed by atoms with E-state index in [0.717, 1.165) is 26.2 Å². The van der Waals surface area contributed by atoms with Crippen LogP contribution >= 0.6 is 11.6 Å². The van der Waals surface area contributed by atoms with Gasteiger partial charge < -0.3 is 10.3 Å². The van der Waals surface area contributed by atoms with E-state index in [1.54, 1.807) is 12.1 Å². The highest BCUT2D eigenvalue weighted by atomic mass is 35.5. The summed E-state index contributed by atoms with van der Waals surface area (Å²) in [4.78, 5) is 12.7. The smallest absolute Gasteiger partial charge is 0.295 e. The topological polar surface area (TPSA) is 61.6 Å². The van der Waals surface area contributed by atoms with Gasteiger partial charge in [0.25, 0.3) is 5.69 Å². The van der Waals surface area contributed by atoms with Crippen LogP contribution in [0.25, 0.3) is 0 Å². The molecule has 98 valence electrons. The van der Waals surface area contributed by atoms with E-state index in [-0.39, 0.29) is 5.69 Å². The first-order valence-corrected chi connectivity index (χ1v) is 6.08. The minimum absolute atomic E-state index is 0.00132. The highest BCUT2D eigenvalue weighted by Crippen LogP contribution is 2.28. The molecular weight excluding hydrogens is 256 g/mol. The number of rotatable bonds is 3. The van der Waals surface area contributed by atoms with Gasteiger partial charge in [-0.3, -0.25) is 10.1 Å². The molecule has 0 spiro atoms. The lowest BCUT2D eigenvalue weighted by atomic mass is 10.3. The van der Waals surface area contributed by atoms with Gasteiger partial charge in [0.1, 0.15) is 5.69 Å². The monoisotopic (exact) mass is 270 g/mol. The van der Waals surface area contributed by atoms with Crippen LogP contribution in [0.5, 0.6) is 0 Å². The van der Waals surface area contributed by atoms with E-state index < -0.39 is 4.92 Å². The number of anilines is 1. The van der Waals surface area contributed by atoms with Gasteiger partial charge in [-0.15, -0.1) is 0 Å². The fourth-order valence-corrected chi connectivity index (χ4v) is 2.01. The summed E-state index contributed by atoms with van der Waals surface area (Å²) in [5.41, 5.74) is 3.57. The van der Waals surface area contributed by atoms with Crippen molar-refractivity contribution in [1.82, 2.24) is 9.91 Å². The first-order chi connectivity index (χ1) is 8.56. The quantitative estimate of drug-likeness (QED) is 0.671. The van der Waals surface area contributed by atoms with Crippen LogP contribution in [-0.4, -0.2) is 48.1 Å². The van der Waals surface area contributed by atoms with Gasteiger partial charge in [0.2, 0.25) is 0 Å². The van der Waals surface area contributed by atoms with Crippen molar-refractivity contribution in [3.63, 3.8) is 0 Å². The number of halogens is 1. The van der Waals surface area contributed by atoms with Crippen molar-refractivity contribution in [2.75, 3.05) is 38.7 Å². The Morgan fingerprint density at radius 1 is 1.33 bits per heavy atom. The number of nitrogens with one attached hydrogen (secondary N) is 1. The van der Waals surface area contributed by atoms with Crippen molar-refractivity contribution >= 4 is 23.0 Å². The van der Waals surface area contributed by atoms with Gasteiger partial charge in [0.05, 0.1) is 4.92 Å². The minimum Gasteiger partial charge on any atom is -0.313 e. The van der Waals surface area contributed by atoms with Crippen LogP contribution in [0.1, 0.15) is 0 Å². The molecule has 2 rings (SSSR count). The number of piperazine rings is 1. The summed E-state index contributed by atoms with van der Waals surface area (Å²) in [6.45, 7) is 3.54. The molecule has 1 aromatic carbocycles. The van der Waals surface area contributed by atoms with Crippen LogP contribution in [0, 0.1) is 10.1 Å². The van der Waals surface area contributed by atoms with Gasteiger partial charge in [-0.2, -0.15) is 0 Å². The maximum Gasteiger partial charge on any atom is 0.295 e. The van der Waals surface area contributed by atoms with Crippen LogP contribution in [0.3, 0.4) is 0 Å². The largest absolute Gasteiger partial charge is 0.313 e. The normalized spacial score (nSPS) is 17.7. The maximum absolute atomic E-state index is 10.9. The zero-order chi connectivity index (χ0) is 13.1. The maximum atomic E-state index is 10.9. The number of nitro benzene ring substituents is 1. The summed E-state index contributed by atoms with van der Waals surface area (Å²) < 4.78 is 0. The first kappa shape index (κ1) is 13.1. The fraction of sp³-hybridized carbons (Fsp3) is 0.455. The highest BCUT2D eigenvalue weighted by Gasteiger charge is 2.19. The Hall–Kier alpha value is -1.37. The lowest BCUT2D eigenvalue weighted by molar-refractivity contribution is -0.384. The number of likely N-dealkylation sites (N-methyl/N-ethyl adjacent to an activating group) is 1. The summed E-state index contributed by atoms with van der Waals surface area (Å²) in [7, 11) is 2.06. The SMILES string of the molecule is CN1CCN(Nc2ccc(Cl)cc2[N+](=O)[O-])CC1. The van der Waals surface area contributed by atoms with E-state index in [9.17, 15) is 10.1 Å². The molecule has 0 aromatic heterocycles. The molecule has 1 fully saturated rings. The summed E-state index contributed by atoms with van der Waals surface area (Å²) in [5.74, 6) is 0. The van der Waals surface area contributed by atoms with Crippen LogP contribution in [0.4, 0.5) is 11.4 Å². The third kappa shape index (κ3) is 3.10. The molecule has 0 aliphatic carbocycles. The van der Waals surface area contributed by atoms with Crippen LogP contribution in [-0.2, 0) is 0 Å². The number of benzene rings is 1. The average molecular weight is 271 g/mol. The van der Waals surface area contributed by atoms with Gasteiger partial charge in [0.15, 0.2) is 0 Å². The molecule has 1 heterocycles. The molecule has 0 radical (unpaired) electrons. The van der Waals surface area contributed by atoms with Crippen molar-refractivity contribution in [1.29, 1.82) is 0 Å². The molecule has 1 N–H and O–H groups in total. The molecule has 0 amide bonds. The zero-order valence-electron chi connectivity index (χ0n) is 10.1. The van der Waals surface area contributed by atoms with Gasteiger partial charge >= 0.3 is 0 Å². The van der Waals surface area contributed by atoms with Gasteiger partial charge in [0, 0.05) is 37.3 Å². The standard InChI is InChI=1S/C11H15ClN4O2/c1-14-4-6-15(7-5-14)13-10-3-2-9(12)8-11(10)16(17)18/h2-3,8,13H,4-7H2,1H3. The van der Waals surface area contributed by atoms with E-state index in [1.807, 2.05) is 5.01 Å². The van der Waals surface area contributed by atoms with E-state index in [2.05, 4.69) is 17.4 Å². The first-order valence-electron chi connectivity index (χ1n) is 5.70. The lowest BCUT2D eigenvalue weighted by Gasteiger charge is -2.32. The van der Waals surface area contributed by atoms with E-state index >= 15 is 0 Å². The molecule has 1 aliphatic heterocycles. The van der Waals surface area contributed by atoms with Crippen molar-refractivity contribution < 1.29 is 4.92 Å². The number of nitro groups is 1. The fourth-order valence-electron chi connectivity index (χ4n) is 1.84. The van der Waals surface area contributed by atoms with Crippen LogP contribution in [0.15, 0.2) is 18.2 Å². The molecule has 18 heavy (non-hydrogen) atoms. The minimum atomic E-state index is -0.426. The number of nitrogens with zero attached hydrogens (tertiary/aromatic N) is 3. The highest BCUT2D eigenvalue weighted by molar-refractivity contribution is 6.30. The second-order valence-corrected chi connectivity index (χ2v) is 4.76. The predicted molar refractivity (Wildman–Crippen MR) is 70.8 cm³/mol. The molecule has 0 bridgehead atoms. The molecule has 0 atom stereocenters. The van der Waals surface area contributed by atoms with Gasteiger partial charge in [-0.05, 0) is 19.2 Å². The van der Waals surface area contributed by atoms with E-state index in [4.69, 9.17) is 11.6 Å². The summed E-state index contributed by atoms with van der Waals surface area (Å²) in [6, 6.07) is 4.64. The Labute approximate surface area is 110 Å². The second kappa shape index (κ2) is 5.51. The second-order valence-electron chi connectivity index (χ2n) is 4.32. The molecule has 1 aliphatic rings. The molecule has 1 aromatic rings. The lowest BCUT2D eigenvalue weighted by Crippen LogP contribution is -2.47. The van der Waals surface area contributed by atoms with Crippen molar-refractivity contribution in [2.45, 2.75) is 0 Å². The molecule has 7 heteroatoms. The molecular formula is C11H15ClN4O2. The number of hydrazine groups is 1. The van der Waals surface area contributed by atoms with Crippen molar-refractivity contribution in [3.8, 4) is 0 Å². The summed E-state index contributed by atoms with van der Waals surface area (Å²) in [6.07, 6.45) is 0. The van der Waals surface area contributed by atoms with Gasteiger partial charge in [-0.1, -0.05) is 11.6 Å². The summed E-state index contributed by atoms with van der Waals surface area (Å²) in [5, 5.41) is 13.3. The van der Waals surface area contributed by atoms with Crippen molar-refractivity contribution in [2.24, 2.45) is 0 Å². The van der Waals surface area contributed by atoms with E-state index in [0.29, 0.717) is 10.7 Å². The molecule has 0 unspecified atom stereocenters. The third-order valence-electron chi connectivity index (χ3n) is 2.94. The number of hydrogen-bond donors (Lipinski definition) is 1. The zero-order valence-corrected chi connectivity index (χ0v) is 10.9. The molecule has 1 saturated heterocycles. The van der Waals surface area contributed by atoms with Crippen molar-refractivity contribution in [3.05, 3.63) is 33.3 Å².